The van der Waals surface area contributed by atoms with Gasteiger partial charge in [0.25, 0.3) is 0 Å². The maximum Gasteiger partial charge on any atom is 0.223 e. The van der Waals surface area contributed by atoms with Crippen LogP contribution in [0.5, 0.6) is 5.75 Å². The fraction of sp³-hybridized carbons (Fsp3) is 0.500. The van der Waals surface area contributed by atoms with Crippen LogP contribution in [0, 0.1) is 5.41 Å². The third kappa shape index (κ3) is 7.62. The summed E-state index contributed by atoms with van der Waals surface area (Å²) >= 11 is 0. The fourth-order valence-electron chi connectivity index (χ4n) is 4.57. The Hall–Kier alpha value is -2.82. The molecule has 5 nitrogen and oxygen atoms in total. The van der Waals surface area contributed by atoms with E-state index in [-0.39, 0.29) is 17.2 Å². The molecule has 2 amide bonds. The molecule has 5 heteroatoms. The molecule has 1 fully saturated rings. The second-order valence-electron chi connectivity index (χ2n) is 9.39. The van der Waals surface area contributed by atoms with Crippen molar-refractivity contribution in [3.05, 3.63) is 66.2 Å². The molecule has 3 rings (SSSR count). The summed E-state index contributed by atoms with van der Waals surface area (Å²) < 4.78 is 6.17. The predicted octanol–water partition coefficient (Wildman–Crippen LogP) is 5.30. The van der Waals surface area contributed by atoms with Crippen LogP contribution in [-0.2, 0) is 16.1 Å². The Morgan fingerprint density at radius 2 is 1.73 bits per heavy atom. The lowest BCUT2D eigenvalue weighted by atomic mass is 9.77. The highest BCUT2D eigenvalue weighted by Gasteiger charge is 2.40. The molecule has 1 saturated heterocycles. The van der Waals surface area contributed by atoms with E-state index in [1.54, 1.807) is 4.90 Å². The molecule has 0 aromatic heterocycles. The monoisotopic (exact) mass is 450 g/mol. The smallest absolute Gasteiger partial charge is 0.223 e. The predicted molar refractivity (Wildman–Crippen MR) is 132 cm³/mol. The first-order valence-corrected chi connectivity index (χ1v) is 12.2. The van der Waals surface area contributed by atoms with Crippen LogP contribution in [-0.4, -0.2) is 48.4 Å². The van der Waals surface area contributed by atoms with E-state index in [1.807, 2.05) is 72.6 Å². The van der Waals surface area contributed by atoms with Crippen molar-refractivity contribution in [1.29, 1.82) is 0 Å². The number of hydrogen-bond acceptors (Lipinski definition) is 3. The van der Waals surface area contributed by atoms with Gasteiger partial charge in [0, 0.05) is 44.9 Å². The number of carbonyl (C=O) groups excluding carboxylic acids is 2. The molecular formula is C28H38N2O3. The van der Waals surface area contributed by atoms with Gasteiger partial charge in [0.1, 0.15) is 5.75 Å². The number of carbonyl (C=O) groups is 2. The Kier molecular flexibility index (Phi) is 9.35. The summed E-state index contributed by atoms with van der Waals surface area (Å²) in [4.78, 5) is 29.9. The molecule has 1 heterocycles. The van der Waals surface area contributed by atoms with Crippen molar-refractivity contribution in [1.82, 2.24) is 9.80 Å². The van der Waals surface area contributed by atoms with Gasteiger partial charge in [-0.2, -0.15) is 0 Å². The number of rotatable bonds is 11. The Balaban J connectivity index is 1.70. The summed E-state index contributed by atoms with van der Waals surface area (Å²) in [6.45, 7) is 4.51. The van der Waals surface area contributed by atoms with Gasteiger partial charge in [-0.25, -0.2) is 0 Å². The summed E-state index contributed by atoms with van der Waals surface area (Å²) in [5, 5.41) is 0. The van der Waals surface area contributed by atoms with Gasteiger partial charge in [0.15, 0.2) is 0 Å². The fourth-order valence-corrected chi connectivity index (χ4v) is 4.57. The highest BCUT2D eigenvalue weighted by molar-refractivity contribution is 5.78. The molecule has 178 valence electrons. The number of likely N-dealkylation sites (tertiary alicyclic amines) is 1. The molecule has 1 aliphatic rings. The van der Waals surface area contributed by atoms with Gasteiger partial charge < -0.3 is 14.5 Å². The highest BCUT2D eigenvalue weighted by atomic mass is 16.5. The van der Waals surface area contributed by atoms with Gasteiger partial charge in [-0.3, -0.25) is 9.59 Å². The number of amides is 2. The van der Waals surface area contributed by atoms with Crippen LogP contribution in [0.4, 0.5) is 0 Å². The Labute approximate surface area is 198 Å². The number of piperidine rings is 1. The van der Waals surface area contributed by atoms with Gasteiger partial charge in [-0.05, 0) is 37.0 Å². The average Bonchev–Trinajstić information content (AvgIpc) is 2.84. The maximum atomic E-state index is 13.3. The second kappa shape index (κ2) is 12.4. The average molecular weight is 451 g/mol. The zero-order valence-corrected chi connectivity index (χ0v) is 20.2. The molecular weight excluding hydrogens is 412 g/mol. The minimum absolute atomic E-state index is 0.0933. The van der Waals surface area contributed by atoms with Crippen molar-refractivity contribution < 1.29 is 14.3 Å². The molecule has 0 spiro atoms. The van der Waals surface area contributed by atoms with Gasteiger partial charge in [0.05, 0.1) is 6.61 Å². The Morgan fingerprint density at radius 3 is 2.42 bits per heavy atom. The van der Waals surface area contributed by atoms with Gasteiger partial charge in [0.2, 0.25) is 11.8 Å². The van der Waals surface area contributed by atoms with E-state index < -0.39 is 0 Å². The number of benzene rings is 2. The van der Waals surface area contributed by atoms with Crippen molar-refractivity contribution in [3.63, 3.8) is 0 Å². The number of nitrogens with zero attached hydrogens (tertiary/aromatic N) is 2. The van der Waals surface area contributed by atoms with E-state index in [4.69, 9.17) is 4.74 Å². The molecule has 2 aromatic rings. The lowest BCUT2D eigenvalue weighted by Crippen LogP contribution is -2.50. The van der Waals surface area contributed by atoms with Gasteiger partial charge >= 0.3 is 0 Å². The van der Waals surface area contributed by atoms with Crippen LogP contribution in [0.15, 0.2) is 60.7 Å². The van der Waals surface area contributed by atoms with Crippen LogP contribution in [0.1, 0.15) is 57.4 Å². The van der Waals surface area contributed by atoms with E-state index in [2.05, 4.69) is 6.92 Å². The minimum atomic E-state index is -0.378. The molecule has 0 unspecified atom stereocenters. The molecule has 1 aliphatic heterocycles. The van der Waals surface area contributed by atoms with Gasteiger partial charge in [-0.1, -0.05) is 68.3 Å². The number of para-hydroxylation sites is 1. The third-order valence-electron chi connectivity index (χ3n) is 6.51. The molecule has 0 radical (unpaired) electrons. The first-order chi connectivity index (χ1) is 16.0. The topological polar surface area (TPSA) is 49.9 Å². The first kappa shape index (κ1) is 24.8. The van der Waals surface area contributed by atoms with E-state index in [1.165, 1.54) is 0 Å². The van der Waals surface area contributed by atoms with Crippen LogP contribution >= 0.6 is 0 Å². The largest absolute Gasteiger partial charge is 0.493 e. The Bertz CT molecular complexity index is 871. The zero-order chi connectivity index (χ0) is 23.5. The number of hydrogen-bond donors (Lipinski definition) is 0. The van der Waals surface area contributed by atoms with Crippen LogP contribution in [0.3, 0.4) is 0 Å². The first-order valence-electron chi connectivity index (χ1n) is 12.2. The molecule has 0 bridgehead atoms. The molecule has 0 aliphatic carbocycles. The SMILES string of the molecule is CCCCCC(=O)N1CCC[C@@](COc2ccccc2)(CC(=O)N(C)Cc2ccccc2)C1. The molecule has 2 aromatic carbocycles. The summed E-state index contributed by atoms with van der Waals surface area (Å²) in [6.07, 6.45) is 5.84. The number of unbranched alkanes of at least 4 members (excludes halogenated alkanes) is 2. The molecule has 33 heavy (non-hydrogen) atoms. The quantitative estimate of drug-likeness (QED) is 0.436. The molecule has 1 atom stereocenters. The molecule has 0 N–H and O–H groups in total. The van der Waals surface area contributed by atoms with Crippen molar-refractivity contribution in [2.24, 2.45) is 5.41 Å². The van der Waals surface area contributed by atoms with Gasteiger partial charge in [-0.15, -0.1) is 0 Å². The normalized spacial score (nSPS) is 18.1. The molecule has 0 saturated carbocycles. The van der Waals surface area contributed by atoms with Crippen molar-refractivity contribution in [2.45, 2.75) is 58.4 Å². The van der Waals surface area contributed by atoms with E-state index >= 15 is 0 Å². The summed E-state index contributed by atoms with van der Waals surface area (Å²) in [7, 11) is 1.86. The maximum absolute atomic E-state index is 13.3. The second-order valence-corrected chi connectivity index (χ2v) is 9.39. The van der Waals surface area contributed by atoms with E-state index in [9.17, 15) is 9.59 Å². The van der Waals surface area contributed by atoms with Crippen molar-refractivity contribution in [2.75, 3.05) is 26.7 Å². The summed E-state index contributed by atoms with van der Waals surface area (Å²) in [5.74, 6) is 1.10. The zero-order valence-electron chi connectivity index (χ0n) is 20.2. The van der Waals surface area contributed by atoms with E-state index in [0.29, 0.717) is 32.5 Å². The van der Waals surface area contributed by atoms with Crippen LogP contribution in [0.25, 0.3) is 0 Å². The van der Waals surface area contributed by atoms with Crippen LogP contribution < -0.4 is 4.74 Å². The minimum Gasteiger partial charge on any atom is -0.493 e. The van der Waals surface area contributed by atoms with Crippen molar-refractivity contribution in [3.8, 4) is 5.75 Å². The lowest BCUT2D eigenvalue weighted by Gasteiger charge is -2.43. The van der Waals surface area contributed by atoms with Crippen LogP contribution in [0.2, 0.25) is 0 Å². The highest BCUT2D eigenvalue weighted by Crippen LogP contribution is 2.35. The summed E-state index contributed by atoms with van der Waals surface area (Å²) in [5.41, 5.74) is 0.732. The Morgan fingerprint density at radius 1 is 1.03 bits per heavy atom. The standard InChI is InChI=1S/C28H38N2O3/c1-3-4-7-17-26(31)30-19-12-18-28(22-30,23-33-25-15-10-6-11-16-25)20-27(32)29(2)21-24-13-8-5-9-14-24/h5-6,8-11,13-16H,3-4,7,12,17-23H2,1-2H3/t28-/m1/s1. The lowest BCUT2D eigenvalue weighted by molar-refractivity contribution is -0.141. The van der Waals surface area contributed by atoms with E-state index in [0.717, 1.165) is 50.0 Å². The summed E-state index contributed by atoms with van der Waals surface area (Å²) in [6, 6.07) is 19.8. The van der Waals surface area contributed by atoms with Crippen molar-refractivity contribution >= 4 is 11.8 Å². The number of ether oxygens (including phenoxy) is 1. The third-order valence-corrected chi connectivity index (χ3v) is 6.51.